The summed E-state index contributed by atoms with van der Waals surface area (Å²) in [7, 11) is 0. The first-order chi connectivity index (χ1) is 11.4. The Labute approximate surface area is 134 Å². The Morgan fingerprint density at radius 1 is 1.04 bits per heavy atom. The second kappa shape index (κ2) is 6.26. The fraction of sp³-hybridized carbons (Fsp3) is 0.294. The van der Waals surface area contributed by atoms with Crippen molar-refractivity contribution in [3.63, 3.8) is 0 Å². The number of aromatic amines is 1. The Hall–Kier alpha value is -2.60. The minimum Gasteiger partial charge on any atom is -0.440 e. The van der Waals surface area contributed by atoms with Gasteiger partial charge in [-0.05, 0) is 12.1 Å². The van der Waals surface area contributed by atoms with Gasteiger partial charge in [0.1, 0.15) is 5.76 Å². The molecule has 1 fully saturated rings. The summed E-state index contributed by atoms with van der Waals surface area (Å²) in [6, 6.07) is 10.0. The van der Waals surface area contributed by atoms with E-state index >= 15 is 0 Å². The number of imidazole rings is 1. The maximum atomic E-state index is 5.89. The summed E-state index contributed by atoms with van der Waals surface area (Å²) < 4.78 is 5.89. The van der Waals surface area contributed by atoms with Crippen molar-refractivity contribution < 1.29 is 4.42 Å². The summed E-state index contributed by atoms with van der Waals surface area (Å²) in [4.78, 5) is 16.5. The maximum Gasteiger partial charge on any atom is 0.226 e. The Kier molecular flexibility index (Phi) is 3.81. The highest BCUT2D eigenvalue weighted by Crippen LogP contribution is 2.20. The number of nitrogens with one attached hydrogen (secondary N) is 1. The molecule has 3 heterocycles. The van der Waals surface area contributed by atoms with E-state index in [1.54, 1.807) is 6.20 Å². The summed E-state index contributed by atoms with van der Waals surface area (Å²) in [5.41, 5.74) is 1.02. The van der Waals surface area contributed by atoms with Crippen LogP contribution in [0.1, 0.15) is 5.76 Å². The van der Waals surface area contributed by atoms with Crippen LogP contribution in [0.2, 0.25) is 0 Å². The average molecular weight is 309 g/mol. The molecule has 6 nitrogen and oxygen atoms in total. The third kappa shape index (κ3) is 3.12. The van der Waals surface area contributed by atoms with Crippen LogP contribution in [0, 0.1) is 0 Å². The number of H-pyrrole nitrogens is 1. The fourth-order valence-corrected chi connectivity index (χ4v) is 2.86. The number of oxazole rings is 1. The topological polar surface area (TPSA) is 61.2 Å². The number of aromatic nitrogens is 3. The molecule has 1 saturated heterocycles. The van der Waals surface area contributed by atoms with Gasteiger partial charge in [0.25, 0.3) is 0 Å². The van der Waals surface area contributed by atoms with Crippen molar-refractivity contribution in [2.75, 3.05) is 31.1 Å². The molecular weight excluding hydrogens is 290 g/mol. The zero-order chi connectivity index (χ0) is 15.5. The molecule has 0 bridgehead atoms. The first-order valence-corrected chi connectivity index (χ1v) is 7.85. The molecular formula is C17H19N5O. The molecule has 1 aromatic carbocycles. The van der Waals surface area contributed by atoms with Crippen molar-refractivity contribution in [2.24, 2.45) is 0 Å². The molecule has 4 rings (SSSR count). The molecule has 23 heavy (non-hydrogen) atoms. The van der Waals surface area contributed by atoms with E-state index in [9.17, 15) is 0 Å². The van der Waals surface area contributed by atoms with Crippen LogP contribution in [0.15, 0.2) is 53.3 Å². The number of piperazine rings is 1. The van der Waals surface area contributed by atoms with E-state index in [1.807, 2.05) is 42.7 Å². The van der Waals surface area contributed by atoms with Crippen LogP contribution >= 0.6 is 0 Å². The second-order valence-electron chi connectivity index (χ2n) is 5.67. The number of nitrogens with zero attached hydrogens (tertiary/aromatic N) is 4. The minimum absolute atomic E-state index is 0.690. The molecule has 0 radical (unpaired) electrons. The standard InChI is InChI=1S/C17H19N5O/c1-2-4-14(5-3-1)16-20-12-15(23-16)13-21-8-10-22(11-9-21)17-18-6-7-19-17/h1-7,12H,8-11,13H2,(H,18,19). The van der Waals surface area contributed by atoms with Crippen molar-refractivity contribution >= 4 is 5.95 Å². The lowest BCUT2D eigenvalue weighted by molar-refractivity contribution is 0.230. The minimum atomic E-state index is 0.690. The van der Waals surface area contributed by atoms with E-state index in [2.05, 4.69) is 24.8 Å². The summed E-state index contributed by atoms with van der Waals surface area (Å²) in [5.74, 6) is 2.56. The average Bonchev–Trinajstić information content (AvgIpc) is 3.28. The Morgan fingerprint density at radius 3 is 2.61 bits per heavy atom. The summed E-state index contributed by atoms with van der Waals surface area (Å²) in [5, 5.41) is 0. The number of benzene rings is 1. The van der Waals surface area contributed by atoms with E-state index < -0.39 is 0 Å². The van der Waals surface area contributed by atoms with Crippen LogP contribution in [0.5, 0.6) is 0 Å². The highest BCUT2D eigenvalue weighted by Gasteiger charge is 2.19. The van der Waals surface area contributed by atoms with Crippen molar-refractivity contribution in [3.8, 4) is 11.5 Å². The van der Waals surface area contributed by atoms with Gasteiger partial charge >= 0.3 is 0 Å². The van der Waals surface area contributed by atoms with E-state index in [-0.39, 0.29) is 0 Å². The molecule has 6 heteroatoms. The lowest BCUT2D eigenvalue weighted by Gasteiger charge is -2.33. The predicted molar refractivity (Wildman–Crippen MR) is 88.0 cm³/mol. The highest BCUT2D eigenvalue weighted by atomic mass is 16.4. The Balaban J connectivity index is 1.36. The molecule has 3 aromatic rings. The second-order valence-corrected chi connectivity index (χ2v) is 5.67. The van der Waals surface area contributed by atoms with Crippen LogP contribution < -0.4 is 4.90 Å². The molecule has 1 aliphatic rings. The molecule has 1 N–H and O–H groups in total. The molecule has 1 aliphatic heterocycles. The summed E-state index contributed by atoms with van der Waals surface area (Å²) >= 11 is 0. The van der Waals surface area contributed by atoms with Gasteiger partial charge in [-0.2, -0.15) is 0 Å². The maximum absolute atomic E-state index is 5.89. The quantitative estimate of drug-likeness (QED) is 0.802. The molecule has 0 atom stereocenters. The van der Waals surface area contributed by atoms with E-state index in [0.717, 1.165) is 50.0 Å². The molecule has 0 aliphatic carbocycles. The van der Waals surface area contributed by atoms with Gasteiger partial charge in [-0.3, -0.25) is 4.90 Å². The zero-order valence-corrected chi connectivity index (χ0v) is 12.9. The van der Waals surface area contributed by atoms with Crippen LogP contribution in [0.25, 0.3) is 11.5 Å². The van der Waals surface area contributed by atoms with E-state index in [1.165, 1.54) is 0 Å². The van der Waals surface area contributed by atoms with Crippen LogP contribution in [0.3, 0.4) is 0 Å². The lowest BCUT2D eigenvalue weighted by Crippen LogP contribution is -2.46. The largest absolute Gasteiger partial charge is 0.440 e. The monoisotopic (exact) mass is 309 g/mol. The number of anilines is 1. The third-order valence-electron chi connectivity index (χ3n) is 4.11. The van der Waals surface area contributed by atoms with Gasteiger partial charge in [0.2, 0.25) is 11.8 Å². The van der Waals surface area contributed by atoms with Crippen LogP contribution in [-0.2, 0) is 6.54 Å². The van der Waals surface area contributed by atoms with E-state index in [4.69, 9.17) is 4.42 Å². The van der Waals surface area contributed by atoms with Gasteiger partial charge in [0.05, 0.1) is 12.7 Å². The summed E-state index contributed by atoms with van der Waals surface area (Å²) in [6.45, 7) is 4.70. The number of rotatable bonds is 4. The zero-order valence-electron chi connectivity index (χ0n) is 12.9. The number of hydrogen-bond acceptors (Lipinski definition) is 5. The van der Waals surface area contributed by atoms with Crippen molar-refractivity contribution in [1.29, 1.82) is 0 Å². The van der Waals surface area contributed by atoms with Gasteiger partial charge in [-0.15, -0.1) is 0 Å². The Morgan fingerprint density at radius 2 is 1.87 bits per heavy atom. The van der Waals surface area contributed by atoms with Gasteiger partial charge in [-0.1, -0.05) is 18.2 Å². The van der Waals surface area contributed by atoms with Crippen molar-refractivity contribution in [1.82, 2.24) is 19.9 Å². The number of hydrogen-bond donors (Lipinski definition) is 1. The van der Waals surface area contributed by atoms with Gasteiger partial charge in [-0.25, -0.2) is 9.97 Å². The van der Waals surface area contributed by atoms with Crippen molar-refractivity contribution in [2.45, 2.75) is 6.54 Å². The highest BCUT2D eigenvalue weighted by molar-refractivity contribution is 5.52. The van der Waals surface area contributed by atoms with Gasteiger partial charge in [0, 0.05) is 44.1 Å². The van der Waals surface area contributed by atoms with Crippen LogP contribution in [-0.4, -0.2) is 46.0 Å². The lowest BCUT2D eigenvalue weighted by atomic mass is 10.2. The molecule has 0 spiro atoms. The first-order valence-electron chi connectivity index (χ1n) is 7.85. The molecule has 118 valence electrons. The van der Waals surface area contributed by atoms with Crippen molar-refractivity contribution in [3.05, 3.63) is 54.7 Å². The van der Waals surface area contributed by atoms with Crippen LogP contribution in [0.4, 0.5) is 5.95 Å². The SMILES string of the molecule is c1ccc(-c2ncc(CN3CCN(c4ncc[nH]4)CC3)o2)cc1. The molecule has 2 aromatic heterocycles. The first kappa shape index (κ1) is 14.0. The third-order valence-corrected chi connectivity index (χ3v) is 4.11. The Bertz CT molecular complexity index is 729. The smallest absolute Gasteiger partial charge is 0.226 e. The predicted octanol–water partition coefficient (Wildman–Crippen LogP) is 2.39. The molecule has 0 unspecified atom stereocenters. The fourth-order valence-electron chi connectivity index (χ4n) is 2.86. The van der Waals surface area contributed by atoms with E-state index in [0.29, 0.717) is 5.89 Å². The molecule has 0 saturated carbocycles. The van der Waals surface area contributed by atoms with Gasteiger partial charge in [0.15, 0.2) is 0 Å². The van der Waals surface area contributed by atoms with Gasteiger partial charge < -0.3 is 14.3 Å². The molecule has 0 amide bonds. The summed E-state index contributed by atoms with van der Waals surface area (Å²) in [6.07, 6.45) is 5.49. The normalized spacial score (nSPS) is 15.9.